The zero-order valence-electron chi connectivity index (χ0n) is 13.2. The van der Waals surface area contributed by atoms with E-state index in [1.165, 1.54) is 0 Å². The molecule has 1 aliphatic carbocycles. The molecule has 2 aromatic carbocycles. The number of Topliss-reactive ketones (excluding diaryl/α,β-unsaturated/α-hetero) is 1. The zero-order chi connectivity index (χ0) is 16.2. The smallest absolute Gasteiger partial charge is 0.139 e. The minimum absolute atomic E-state index is 0.107. The number of carbonyl (C=O) groups excluding carboxylic acids is 1. The van der Waals surface area contributed by atoms with Crippen LogP contribution in [0.4, 0.5) is 11.4 Å². The maximum absolute atomic E-state index is 12.2. The highest BCUT2D eigenvalue weighted by Crippen LogP contribution is 2.36. The van der Waals surface area contributed by atoms with Crippen LogP contribution in [0.2, 0.25) is 0 Å². The SMILES string of the molecule is COc1ccccc1C1CC(=O)CC(=Nc2ccccc2N)C1. The molecular weight excluding hydrogens is 288 g/mol. The fraction of sp³-hybridized carbons (Fsp3) is 0.263. The van der Waals surface area contributed by atoms with Gasteiger partial charge in [0.05, 0.1) is 18.5 Å². The van der Waals surface area contributed by atoms with Gasteiger partial charge in [-0.15, -0.1) is 0 Å². The number of nitrogen functional groups attached to an aromatic ring is 1. The molecule has 2 aromatic rings. The molecular formula is C19H20N2O2. The number of rotatable bonds is 3. The number of para-hydroxylation sites is 3. The molecule has 0 spiro atoms. The minimum atomic E-state index is 0.107. The van der Waals surface area contributed by atoms with Crippen molar-refractivity contribution >= 4 is 22.9 Å². The number of anilines is 1. The monoisotopic (exact) mass is 308 g/mol. The lowest BCUT2D eigenvalue weighted by molar-refractivity contribution is -0.118. The van der Waals surface area contributed by atoms with Crippen LogP contribution in [0, 0.1) is 0 Å². The molecule has 2 N–H and O–H groups in total. The number of methoxy groups -OCH3 is 1. The number of ether oxygens (including phenoxy) is 1. The van der Waals surface area contributed by atoms with Crippen LogP contribution in [0.1, 0.15) is 30.7 Å². The van der Waals surface area contributed by atoms with Crippen molar-refractivity contribution in [3.63, 3.8) is 0 Å². The zero-order valence-corrected chi connectivity index (χ0v) is 13.2. The van der Waals surface area contributed by atoms with Crippen LogP contribution in [0.25, 0.3) is 0 Å². The topological polar surface area (TPSA) is 64.7 Å². The molecule has 0 aromatic heterocycles. The second-order valence-electron chi connectivity index (χ2n) is 5.80. The van der Waals surface area contributed by atoms with E-state index in [2.05, 4.69) is 4.99 Å². The average Bonchev–Trinajstić information content (AvgIpc) is 2.56. The quantitative estimate of drug-likeness (QED) is 0.875. The summed E-state index contributed by atoms with van der Waals surface area (Å²) in [6.07, 6.45) is 1.68. The van der Waals surface area contributed by atoms with Gasteiger partial charge in [0.15, 0.2) is 0 Å². The number of carbonyl (C=O) groups is 1. The molecule has 1 fully saturated rings. The van der Waals surface area contributed by atoms with Gasteiger partial charge in [-0.1, -0.05) is 30.3 Å². The van der Waals surface area contributed by atoms with E-state index in [1.54, 1.807) is 7.11 Å². The Labute approximate surface area is 136 Å². The molecule has 23 heavy (non-hydrogen) atoms. The molecule has 118 valence electrons. The fourth-order valence-electron chi connectivity index (χ4n) is 3.07. The van der Waals surface area contributed by atoms with Crippen molar-refractivity contribution in [2.45, 2.75) is 25.2 Å². The van der Waals surface area contributed by atoms with Gasteiger partial charge in [-0.3, -0.25) is 9.79 Å². The lowest BCUT2D eigenvalue weighted by Gasteiger charge is -2.24. The van der Waals surface area contributed by atoms with Crippen molar-refractivity contribution in [1.29, 1.82) is 0 Å². The Kier molecular flexibility index (Phi) is 4.42. The number of ketones is 1. The van der Waals surface area contributed by atoms with Gasteiger partial charge in [0, 0.05) is 18.6 Å². The Morgan fingerprint density at radius 2 is 1.83 bits per heavy atom. The summed E-state index contributed by atoms with van der Waals surface area (Å²) in [5, 5.41) is 0. The number of benzene rings is 2. The Hall–Kier alpha value is -2.62. The van der Waals surface area contributed by atoms with Gasteiger partial charge >= 0.3 is 0 Å². The highest BCUT2D eigenvalue weighted by atomic mass is 16.5. The van der Waals surface area contributed by atoms with Crippen molar-refractivity contribution in [1.82, 2.24) is 0 Å². The molecule has 4 nitrogen and oxygen atoms in total. The highest BCUT2D eigenvalue weighted by Gasteiger charge is 2.27. The predicted molar refractivity (Wildman–Crippen MR) is 92.5 cm³/mol. The van der Waals surface area contributed by atoms with E-state index >= 15 is 0 Å². The summed E-state index contributed by atoms with van der Waals surface area (Å²) in [5.74, 6) is 1.14. The Morgan fingerprint density at radius 3 is 2.61 bits per heavy atom. The highest BCUT2D eigenvalue weighted by molar-refractivity contribution is 6.06. The molecule has 1 unspecified atom stereocenters. The van der Waals surface area contributed by atoms with Crippen molar-refractivity contribution in [2.75, 3.05) is 12.8 Å². The van der Waals surface area contributed by atoms with Crippen molar-refractivity contribution in [3.8, 4) is 5.75 Å². The molecule has 4 heteroatoms. The number of hydrogen-bond donors (Lipinski definition) is 1. The maximum Gasteiger partial charge on any atom is 0.139 e. The third kappa shape index (κ3) is 3.42. The van der Waals surface area contributed by atoms with Crippen LogP contribution in [0.5, 0.6) is 5.75 Å². The number of aliphatic imine (C=N–C) groups is 1. The number of nitrogens with two attached hydrogens (primary N) is 1. The summed E-state index contributed by atoms with van der Waals surface area (Å²) < 4.78 is 5.44. The molecule has 1 aliphatic rings. The van der Waals surface area contributed by atoms with E-state index < -0.39 is 0 Å². The lowest BCUT2D eigenvalue weighted by atomic mass is 9.82. The Balaban J connectivity index is 1.91. The fourth-order valence-corrected chi connectivity index (χ4v) is 3.07. The molecule has 0 radical (unpaired) electrons. The Bertz CT molecular complexity index is 753. The van der Waals surface area contributed by atoms with Gasteiger partial charge in [-0.05, 0) is 36.1 Å². The molecule has 0 saturated heterocycles. The van der Waals surface area contributed by atoms with E-state index in [-0.39, 0.29) is 11.7 Å². The summed E-state index contributed by atoms with van der Waals surface area (Å²) in [6, 6.07) is 15.3. The summed E-state index contributed by atoms with van der Waals surface area (Å²) in [5.41, 5.74) is 9.27. The van der Waals surface area contributed by atoms with E-state index in [0.717, 1.165) is 29.1 Å². The van der Waals surface area contributed by atoms with E-state index in [1.807, 2.05) is 48.5 Å². The molecule has 1 atom stereocenters. The van der Waals surface area contributed by atoms with Crippen molar-refractivity contribution < 1.29 is 9.53 Å². The first-order valence-corrected chi connectivity index (χ1v) is 7.73. The summed E-state index contributed by atoms with van der Waals surface area (Å²) in [6.45, 7) is 0. The third-order valence-corrected chi connectivity index (χ3v) is 4.15. The largest absolute Gasteiger partial charge is 0.496 e. The van der Waals surface area contributed by atoms with Gasteiger partial charge in [0.2, 0.25) is 0 Å². The summed E-state index contributed by atoms with van der Waals surface area (Å²) in [7, 11) is 1.66. The van der Waals surface area contributed by atoms with Crippen LogP contribution in [0.15, 0.2) is 53.5 Å². The van der Waals surface area contributed by atoms with E-state index in [0.29, 0.717) is 18.5 Å². The molecule has 3 rings (SSSR count). The normalized spacial score (nSPS) is 19.8. The second-order valence-corrected chi connectivity index (χ2v) is 5.80. The summed E-state index contributed by atoms with van der Waals surface area (Å²) in [4.78, 5) is 16.8. The molecule has 0 aliphatic heterocycles. The number of nitrogens with zero attached hydrogens (tertiary/aromatic N) is 1. The van der Waals surface area contributed by atoms with Crippen molar-refractivity contribution in [3.05, 3.63) is 54.1 Å². The van der Waals surface area contributed by atoms with Crippen LogP contribution >= 0.6 is 0 Å². The van der Waals surface area contributed by atoms with Crippen molar-refractivity contribution in [2.24, 2.45) is 4.99 Å². The third-order valence-electron chi connectivity index (χ3n) is 4.15. The average molecular weight is 308 g/mol. The van der Waals surface area contributed by atoms with Gasteiger partial charge in [-0.2, -0.15) is 0 Å². The predicted octanol–water partition coefficient (Wildman–Crippen LogP) is 3.89. The van der Waals surface area contributed by atoms with Gasteiger partial charge < -0.3 is 10.5 Å². The molecule has 0 heterocycles. The van der Waals surface area contributed by atoms with Crippen LogP contribution in [0.3, 0.4) is 0 Å². The van der Waals surface area contributed by atoms with Gasteiger partial charge in [0.1, 0.15) is 11.5 Å². The van der Waals surface area contributed by atoms with E-state index in [4.69, 9.17) is 10.5 Å². The summed E-state index contributed by atoms with van der Waals surface area (Å²) >= 11 is 0. The number of hydrogen-bond acceptors (Lipinski definition) is 4. The first-order valence-electron chi connectivity index (χ1n) is 7.73. The van der Waals surface area contributed by atoms with Crippen LogP contribution in [-0.2, 0) is 4.79 Å². The molecule has 0 bridgehead atoms. The van der Waals surface area contributed by atoms with Gasteiger partial charge in [0.25, 0.3) is 0 Å². The standard InChI is InChI=1S/C19H20N2O2/c1-23-19-9-5-2-6-16(19)13-10-14(12-15(22)11-13)21-18-8-4-3-7-17(18)20/h2-9,13H,10-12,20H2,1H3. The lowest BCUT2D eigenvalue weighted by Crippen LogP contribution is -2.22. The second kappa shape index (κ2) is 6.65. The minimum Gasteiger partial charge on any atom is -0.496 e. The Morgan fingerprint density at radius 1 is 1.09 bits per heavy atom. The first kappa shape index (κ1) is 15.3. The van der Waals surface area contributed by atoms with Gasteiger partial charge in [-0.25, -0.2) is 0 Å². The maximum atomic E-state index is 12.2. The molecule has 1 saturated carbocycles. The van der Waals surface area contributed by atoms with E-state index in [9.17, 15) is 4.79 Å². The first-order chi connectivity index (χ1) is 11.2. The van der Waals surface area contributed by atoms with Crippen LogP contribution in [-0.4, -0.2) is 18.6 Å². The molecule has 0 amide bonds. The van der Waals surface area contributed by atoms with Crippen LogP contribution < -0.4 is 10.5 Å².